The standard InChI is InChI=1S/C16H21F4N/c1-11(13-5-3-2-4-6-13)21-10-12-7-8-15(17)14(9-12)16(18,19)20/h7-9,11,13,21H,2-6,10H2,1H3/t11-/m1/s1. The Balaban J connectivity index is 1.96. The molecule has 0 amide bonds. The van der Waals surface area contributed by atoms with Crippen molar-refractivity contribution in [1.82, 2.24) is 5.32 Å². The zero-order valence-electron chi connectivity index (χ0n) is 12.1. The van der Waals surface area contributed by atoms with E-state index in [0.717, 1.165) is 12.1 Å². The highest BCUT2D eigenvalue weighted by Gasteiger charge is 2.34. The van der Waals surface area contributed by atoms with Crippen molar-refractivity contribution in [1.29, 1.82) is 0 Å². The van der Waals surface area contributed by atoms with Gasteiger partial charge in [0.2, 0.25) is 0 Å². The Bertz CT molecular complexity index is 464. The average molecular weight is 303 g/mol. The molecule has 0 saturated heterocycles. The highest BCUT2D eigenvalue weighted by molar-refractivity contribution is 5.27. The summed E-state index contributed by atoms with van der Waals surface area (Å²) in [6.07, 6.45) is 1.43. The van der Waals surface area contributed by atoms with Gasteiger partial charge in [0.05, 0.1) is 5.56 Å². The molecule has 0 unspecified atom stereocenters. The van der Waals surface area contributed by atoms with Crippen LogP contribution in [0.15, 0.2) is 18.2 Å². The summed E-state index contributed by atoms with van der Waals surface area (Å²) in [5.41, 5.74) is -0.724. The molecule has 21 heavy (non-hydrogen) atoms. The fourth-order valence-electron chi connectivity index (χ4n) is 2.98. The van der Waals surface area contributed by atoms with Crippen LogP contribution in [0.25, 0.3) is 0 Å². The molecule has 118 valence electrons. The maximum atomic E-state index is 13.2. The zero-order valence-corrected chi connectivity index (χ0v) is 12.1. The van der Waals surface area contributed by atoms with E-state index < -0.39 is 17.6 Å². The first kappa shape index (κ1) is 16.3. The minimum absolute atomic E-state index is 0.268. The number of hydrogen-bond donors (Lipinski definition) is 1. The first-order chi connectivity index (χ1) is 9.88. The second-order valence-electron chi connectivity index (χ2n) is 5.88. The molecule has 5 heteroatoms. The predicted octanol–water partition coefficient (Wildman–Crippen LogP) is 4.90. The van der Waals surface area contributed by atoms with E-state index >= 15 is 0 Å². The van der Waals surface area contributed by atoms with Crippen molar-refractivity contribution < 1.29 is 17.6 Å². The zero-order chi connectivity index (χ0) is 15.5. The minimum Gasteiger partial charge on any atom is -0.310 e. The summed E-state index contributed by atoms with van der Waals surface area (Å²) in [6.45, 7) is 2.41. The van der Waals surface area contributed by atoms with Gasteiger partial charge in [0, 0.05) is 12.6 Å². The van der Waals surface area contributed by atoms with Gasteiger partial charge in [0.25, 0.3) is 0 Å². The lowest BCUT2D eigenvalue weighted by atomic mass is 9.84. The molecule has 1 saturated carbocycles. The molecular formula is C16H21F4N. The Labute approximate surface area is 122 Å². The molecule has 1 aliphatic carbocycles. The van der Waals surface area contributed by atoms with Gasteiger partial charge in [0.15, 0.2) is 0 Å². The minimum atomic E-state index is -4.64. The van der Waals surface area contributed by atoms with Crippen molar-refractivity contribution in [3.63, 3.8) is 0 Å². The molecule has 0 aliphatic heterocycles. The van der Waals surface area contributed by atoms with E-state index in [1.807, 2.05) is 0 Å². The molecule has 1 aliphatic rings. The fourth-order valence-corrected chi connectivity index (χ4v) is 2.98. The SMILES string of the molecule is C[C@@H](NCc1ccc(F)c(C(F)(F)F)c1)C1CCCCC1. The number of alkyl halides is 3. The smallest absolute Gasteiger partial charge is 0.310 e. The van der Waals surface area contributed by atoms with E-state index in [4.69, 9.17) is 0 Å². The van der Waals surface area contributed by atoms with Crippen LogP contribution in [0.3, 0.4) is 0 Å². The first-order valence-corrected chi connectivity index (χ1v) is 7.47. The van der Waals surface area contributed by atoms with Crippen LogP contribution in [-0.2, 0) is 12.7 Å². The quantitative estimate of drug-likeness (QED) is 0.780. The Hall–Kier alpha value is -1.10. The Morgan fingerprint density at radius 3 is 2.48 bits per heavy atom. The second kappa shape index (κ2) is 6.77. The van der Waals surface area contributed by atoms with Gasteiger partial charge >= 0.3 is 6.18 Å². The number of halogens is 4. The largest absolute Gasteiger partial charge is 0.419 e. The third-order valence-electron chi connectivity index (χ3n) is 4.32. The van der Waals surface area contributed by atoms with Crippen LogP contribution in [0, 0.1) is 11.7 Å². The predicted molar refractivity (Wildman–Crippen MR) is 74.3 cm³/mol. The Morgan fingerprint density at radius 2 is 1.86 bits per heavy atom. The van der Waals surface area contributed by atoms with Crippen molar-refractivity contribution >= 4 is 0 Å². The van der Waals surface area contributed by atoms with Crippen LogP contribution in [0.4, 0.5) is 17.6 Å². The number of hydrogen-bond acceptors (Lipinski definition) is 1. The maximum absolute atomic E-state index is 13.2. The number of nitrogens with one attached hydrogen (secondary N) is 1. The van der Waals surface area contributed by atoms with E-state index in [2.05, 4.69) is 12.2 Å². The van der Waals surface area contributed by atoms with Gasteiger partial charge in [-0.1, -0.05) is 25.3 Å². The van der Waals surface area contributed by atoms with Crippen molar-refractivity contribution in [3.8, 4) is 0 Å². The van der Waals surface area contributed by atoms with Gasteiger partial charge in [-0.25, -0.2) is 4.39 Å². The molecule has 1 atom stereocenters. The van der Waals surface area contributed by atoms with Gasteiger partial charge < -0.3 is 5.32 Å². The summed E-state index contributed by atoms with van der Waals surface area (Å²) in [5, 5.41) is 3.28. The molecule has 0 heterocycles. The highest BCUT2D eigenvalue weighted by atomic mass is 19.4. The van der Waals surface area contributed by atoms with E-state index in [-0.39, 0.29) is 6.04 Å². The Kier molecular flexibility index (Phi) is 5.25. The van der Waals surface area contributed by atoms with Crippen molar-refractivity contribution in [3.05, 3.63) is 35.1 Å². The molecule has 1 nitrogen and oxygen atoms in total. The molecular weight excluding hydrogens is 282 g/mol. The molecule has 1 aromatic rings. The molecule has 0 spiro atoms. The third-order valence-corrected chi connectivity index (χ3v) is 4.32. The molecule has 1 N–H and O–H groups in total. The topological polar surface area (TPSA) is 12.0 Å². The first-order valence-electron chi connectivity index (χ1n) is 7.47. The summed E-state index contributed by atoms with van der Waals surface area (Å²) in [5.74, 6) is -0.632. The van der Waals surface area contributed by atoms with E-state index in [9.17, 15) is 17.6 Å². The van der Waals surface area contributed by atoms with E-state index in [0.29, 0.717) is 18.0 Å². The van der Waals surface area contributed by atoms with Gasteiger partial charge in [-0.05, 0) is 43.4 Å². The second-order valence-corrected chi connectivity index (χ2v) is 5.88. The van der Waals surface area contributed by atoms with Crippen LogP contribution in [0.1, 0.15) is 50.2 Å². The lowest BCUT2D eigenvalue weighted by Gasteiger charge is -2.28. The van der Waals surface area contributed by atoms with Crippen LogP contribution in [0.5, 0.6) is 0 Å². The van der Waals surface area contributed by atoms with Crippen LogP contribution in [0.2, 0.25) is 0 Å². The molecule has 1 aromatic carbocycles. The van der Waals surface area contributed by atoms with Crippen molar-refractivity contribution in [2.24, 2.45) is 5.92 Å². The summed E-state index contributed by atoms with van der Waals surface area (Å²) in [6, 6.07) is 3.47. The van der Waals surface area contributed by atoms with E-state index in [1.165, 1.54) is 38.2 Å². The van der Waals surface area contributed by atoms with Crippen molar-refractivity contribution in [2.45, 2.75) is 57.8 Å². The van der Waals surface area contributed by atoms with Crippen LogP contribution in [-0.4, -0.2) is 6.04 Å². The monoisotopic (exact) mass is 303 g/mol. The average Bonchev–Trinajstić information content (AvgIpc) is 2.45. The summed E-state index contributed by atoms with van der Waals surface area (Å²) >= 11 is 0. The van der Waals surface area contributed by atoms with Crippen LogP contribution >= 0.6 is 0 Å². The van der Waals surface area contributed by atoms with Gasteiger partial charge in [-0.2, -0.15) is 13.2 Å². The molecule has 0 radical (unpaired) electrons. The maximum Gasteiger partial charge on any atom is 0.419 e. The number of benzene rings is 1. The summed E-state index contributed by atoms with van der Waals surface area (Å²) in [4.78, 5) is 0. The van der Waals surface area contributed by atoms with Gasteiger partial charge in [-0.3, -0.25) is 0 Å². The van der Waals surface area contributed by atoms with Gasteiger partial charge in [-0.15, -0.1) is 0 Å². The molecule has 2 rings (SSSR count). The normalized spacial score (nSPS) is 18.7. The highest BCUT2D eigenvalue weighted by Crippen LogP contribution is 2.32. The summed E-state index contributed by atoms with van der Waals surface area (Å²) < 4.78 is 51.2. The molecule has 0 aromatic heterocycles. The lowest BCUT2D eigenvalue weighted by Crippen LogP contribution is -2.34. The fraction of sp³-hybridized carbons (Fsp3) is 0.625. The van der Waals surface area contributed by atoms with E-state index in [1.54, 1.807) is 0 Å². The van der Waals surface area contributed by atoms with Crippen LogP contribution < -0.4 is 5.32 Å². The molecule has 0 bridgehead atoms. The Morgan fingerprint density at radius 1 is 1.19 bits per heavy atom. The van der Waals surface area contributed by atoms with Crippen molar-refractivity contribution in [2.75, 3.05) is 0 Å². The molecule has 1 fully saturated rings. The van der Waals surface area contributed by atoms with Gasteiger partial charge in [0.1, 0.15) is 5.82 Å². The number of rotatable bonds is 4. The lowest BCUT2D eigenvalue weighted by molar-refractivity contribution is -0.140. The summed E-state index contributed by atoms with van der Waals surface area (Å²) in [7, 11) is 0. The third kappa shape index (κ3) is 4.43.